The van der Waals surface area contributed by atoms with Crippen LogP contribution in [0.4, 0.5) is 0 Å². The van der Waals surface area contributed by atoms with Crippen LogP contribution in [0, 0.1) is 5.92 Å². The molecule has 0 bridgehead atoms. The molecule has 1 atom stereocenters. The molecule has 9 heteroatoms. The minimum Gasteiger partial charge on any atom is -0.497 e. The van der Waals surface area contributed by atoms with Crippen molar-refractivity contribution in [1.82, 2.24) is 14.5 Å². The molecule has 3 rings (SSSR count). The van der Waals surface area contributed by atoms with Crippen molar-refractivity contribution in [3.63, 3.8) is 0 Å². The van der Waals surface area contributed by atoms with Gasteiger partial charge in [-0.05, 0) is 67.5 Å². The molecule has 1 N–H and O–H groups in total. The third-order valence-electron chi connectivity index (χ3n) is 6.62. The Morgan fingerprint density at radius 2 is 1.57 bits per heavy atom. The molecule has 0 unspecified atom stereocenters. The summed E-state index contributed by atoms with van der Waals surface area (Å²) in [6.45, 7) is 7.75. The summed E-state index contributed by atoms with van der Waals surface area (Å²) in [4.78, 5) is 28.0. The van der Waals surface area contributed by atoms with Crippen LogP contribution in [0.5, 0.6) is 5.75 Å². The van der Waals surface area contributed by atoms with E-state index in [-0.39, 0.29) is 23.1 Å². The summed E-state index contributed by atoms with van der Waals surface area (Å²) >= 11 is 0. The molecule has 0 radical (unpaired) electrons. The van der Waals surface area contributed by atoms with Crippen molar-refractivity contribution in [2.75, 3.05) is 26.7 Å². The molecule has 202 valence electrons. The molecule has 0 spiro atoms. The number of carbonyl (C=O) groups is 2. The second-order valence-corrected chi connectivity index (χ2v) is 11.9. The minimum absolute atomic E-state index is 0.142. The quantitative estimate of drug-likeness (QED) is 0.453. The number of nitrogens with zero attached hydrogens (tertiary/aromatic N) is 2. The number of nitrogens with one attached hydrogen (secondary N) is 1. The van der Waals surface area contributed by atoms with Gasteiger partial charge >= 0.3 is 0 Å². The first-order chi connectivity index (χ1) is 17.6. The van der Waals surface area contributed by atoms with Crippen molar-refractivity contribution in [1.29, 1.82) is 0 Å². The third kappa shape index (κ3) is 7.79. The van der Waals surface area contributed by atoms with Gasteiger partial charge in [0.05, 0.1) is 12.0 Å². The molecule has 2 aromatic carbocycles. The van der Waals surface area contributed by atoms with E-state index in [0.717, 1.165) is 29.7 Å². The smallest absolute Gasteiger partial charge is 0.243 e. The molecule has 1 saturated heterocycles. The Hall–Kier alpha value is -2.91. The van der Waals surface area contributed by atoms with Crippen molar-refractivity contribution in [2.24, 2.45) is 5.92 Å². The van der Waals surface area contributed by atoms with Crippen LogP contribution >= 0.6 is 0 Å². The number of carbonyl (C=O) groups excluding carboxylic acids is 2. The van der Waals surface area contributed by atoms with E-state index in [4.69, 9.17) is 4.74 Å². The first kappa shape index (κ1) is 28.7. The van der Waals surface area contributed by atoms with E-state index in [1.54, 1.807) is 43.2 Å². The fourth-order valence-corrected chi connectivity index (χ4v) is 5.78. The monoisotopic (exact) mass is 529 g/mol. The Kier molecular flexibility index (Phi) is 10.1. The zero-order chi connectivity index (χ0) is 27.0. The molecule has 2 aromatic rings. The van der Waals surface area contributed by atoms with E-state index in [2.05, 4.69) is 5.32 Å². The van der Waals surface area contributed by atoms with E-state index in [9.17, 15) is 18.0 Å². The van der Waals surface area contributed by atoms with Crippen molar-refractivity contribution in [3.8, 4) is 5.75 Å². The number of methoxy groups -OCH3 is 1. The van der Waals surface area contributed by atoms with E-state index in [1.165, 1.54) is 4.31 Å². The minimum atomic E-state index is -3.47. The SMILES string of the molecule is COc1ccc(CN(C(=O)CCc2ccc(S(=O)(=O)N3CCCC3)cc2)[C@H](C)C(=O)NCC(C)C)cc1. The van der Waals surface area contributed by atoms with Gasteiger partial charge in [0.25, 0.3) is 0 Å². The Bertz CT molecular complexity index is 1140. The molecule has 2 amide bonds. The van der Waals surface area contributed by atoms with E-state index in [1.807, 2.05) is 38.1 Å². The number of hydrogen-bond acceptors (Lipinski definition) is 5. The first-order valence-corrected chi connectivity index (χ1v) is 14.3. The van der Waals surface area contributed by atoms with Crippen molar-refractivity contribution >= 4 is 21.8 Å². The standard InChI is InChI=1S/C28H39N3O5S/c1-21(2)19-29-28(33)22(3)31(20-24-7-12-25(36-4)13-8-24)27(32)16-11-23-9-14-26(15-10-23)37(34,35)30-17-5-6-18-30/h7-10,12-15,21-22H,5-6,11,16-20H2,1-4H3,(H,29,33)/t22-/m1/s1. The summed E-state index contributed by atoms with van der Waals surface area (Å²) in [5.74, 6) is 0.697. The normalized spacial score (nSPS) is 14.9. The first-order valence-electron chi connectivity index (χ1n) is 12.9. The van der Waals surface area contributed by atoms with Crippen molar-refractivity contribution in [2.45, 2.75) is 63.9 Å². The zero-order valence-electron chi connectivity index (χ0n) is 22.3. The maximum Gasteiger partial charge on any atom is 0.243 e. The predicted molar refractivity (Wildman–Crippen MR) is 144 cm³/mol. The molecular weight excluding hydrogens is 490 g/mol. The van der Waals surface area contributed by atoms with Gasteiger partial charge in [-0.25, -0.2) is 8.42 Å². The highest BCUT2D eigenvalue weighted by Crippen LogP contribution is 2.22. The molecular formula is C28H39N3O5S. The molecule has 0 aromatic heterocycles. The van der Waals surface area contributed by atoms with Gasteiger partial charge in [-0.1, -0.05) is 38.1 Å². The fraction of sp³-hybridized carbons (Fsp3) is 0.500. The topological polar surface area (TPSA) is 96.0 Å². The Morgan fingerprint density at radius 3 is 2.14 bits per heavy atom. The lowest BCUT2D eigenvalue weighted by Crippen LogP contribution is -2.48. The Balaban J connectivity index is 1.69. The van der Waals surface area contributed by atoms with Crippen molar-refractivity contribution < 1.29 is 22.7 Å². The fourth-order valence-electron chi connectivity index (χ4n) is 4.26. The van der Waals surface area contributed by atoms with Crippen LogP contribution in [-0.4, -0.2) is 62.2 Å². The highest BCUT2D eigenvalue weighted by Gasteiger charge is 2.28. The summed E-state index contributed by atoms with van der Waals surface area (Å²) in [6.07, 6.45) is 2.43. The Morgan fingerprint density at radius 1 is 0.973 bits per heavy atom. The molecule has 1 aliphatic heterocycles. The maximum atomic E-state index is 13.3. The van der Waals surface area contributed by atoms with E-state index < -0.39 is 16.1 Å². The van der Waals surface area contributed by atoms with Gasteiger partial charge in [-0.15, -0.1) is 0 Å². The van der Waals surface area contributed by atoms with Crippen LogP contribution in [0.3, 0.4) is 0 Å². The molecule has 0 saturated carbocycles. The van der Waals surface area contributed by atoms with Crippen LogP contribution in [0.15, 0.2) is 53.4 Å². The van der Waals surface area contributed by atoms with Gasteiger partial charge < -0.3 is 15.0 Å². The molecule has 1 heterocycles. The molecule has 1 aliphatic rings. The third-order valence-corrected chi connectivity index (χ3v) is 8.53. The Labute approximate surface area is 221 Å². The maximum absolute atomic E-state index is 13.3. The van der Waals surface area contributed by atoms with Crippen LogP contribution in [0.2, 0.25) is 0 Å². The summed E-state index contributed by atoms with van der Waals surface area (Å²) in [5.41, 5.74) is 1.77. The van der Waals surface area contributed by atoms with Gasteiger partial charge in [0, 0.05) is 32.6 Å². The molecule has 37 heavy (non-hydrogen) atoms. The number of amides is 2. The van der Waals surface area contributed by atoms with Crippen LogP contribution < -0.4 is 10.1 Å². The zero-order valence-corrected chi connectivity index (χ0v) is 23.1. The highest BCUT2D eigenvalue weighted by molar-refractivity contribution is 7.89. The number of sulfonamides is 1. The number of hydrogen-bond donors (Lipinski definition) is 1. The second-order valence-electron chi connectivity index (χ2n) is 9.94. The predicted octanol–water partition coefficient (Wildman–Crippen LogP) is 3.60. The number of ether oxygens (including phenoxy) is 1. The van der Waals surface area contributed by atoms with Gasteiger partial charge in [-0.3, -0.25) is 9.59 Å². The van der Waals surface area contributed by atoms with Crippen LogP contribution in [0.25, 0.3) is 0 Å². The molecule has 8 nitrogen and oxygen atoms in total. The lowest BCUT2D eigenvalue weighted by atomic mass is 10.1. The lowest BCUT2D eigenvalue weighted by molar-refractivity contribution is -0.140. The molecule has 0 aliphatic carbocycles. The summed E-state index contributed by atoms with van der Waals surface area (Å²) < 4.78 is 32.3. The van der Waals surface area contributed by atoms with Crippen LogP contribution in [-0.2, 0) is 32.6 Å². The van der Waals surface area contributed by atoms with E-state index in [0.29, 0.717) is 38.5 Å². The number of benzene rings is 2. The van der Waals surface area contributed by atoms with Gasteiger partial charge in [0.2, 0.25) is 21.8 Å². The average Bonchev–Trinajstić information content (AvgIpc) is 3.45. The largest absolute Gasteiger partial charge is 0.497 e. The van der Waals surface area contributed by atoms with E-state index >= 15 is 0 Å². The van der Waals surface area contributed by atoms with Gasteiger partial charge in [0.15, 0.2) is 0 Å². The second kappa shape index (κ2) is 13.1. The van der Waals surface area contributed by atoms with Gasteiger partial charge in [0.1, 0.15) is 11.8 Å². The summed E-state index contributed by atoms with van der Waals surface area (Å²) in [7, 11) is -1.87. The van der Waals surface area contributed by atoms with Crippen LogP contribution in [0.1, 0.15) is 51.2 Å². The van der Waals surface area contributed by atoms with Gasteiger partial charge in [-0.2, -0.15) is 4.31 Å². The lowest BCUT2D eigenvalue weighted by Gasteiger charge is -2.29. The highest BCUT2D eigenvalue weighted by atomic mass is 32.2. The number of aryl methyl sites for hydroxylation is 1. The average molecular weight is 530 g/mol. The summed E-state index contributed by atoms with van der Waals surface area (Å²) in [6, 6.07) is 13.6. The number of rotatable bonds is 12. The molecule has 1 fully saturated rings. The van der Waals surface area contributed by atoms with Crippen molar-refractivity contribution in [3.05, 3.63) is 59.7 Å². The summed E-state index contributed by atoms with van der Waals surface area (Å²) in [5, 5.41) is 2.92.